The number of fused-ring (bicyclic) bond motifs is 2. The Morgan fingerprint density at radius 2 is 2.12 bits per heavy atom. The van der Waals surface area contributed by atoms with E-state index in [0.717, 1.165) is 37.6 Å². The highest BCUT2D eigenvalue weighted by Crippen LogP contribution is 2.33. The van der Waals surface area contributed by atoms with Gasteiger partial charge in [0, 0.05) is 29.7 Å². The lowest BCUT2D eigenvalue weighted by molar-refractivity contribution is 0.0757. The Hall–Kier alpha value is -3.67. The Kier molecular flexibility index (Phi) is 5.13. The monoisotopic (exact) mass is 441 g/mol. The molecule has 0 unspecified atom stereocenters. The van der Waals surface area contributed by atoms with Crippen molar-refractivity contribution in [2.45, 2.75) is 25.5 Å². The van der Waals surface area contributed by atoms with Crippen molar-refractivity contribution in [2.24, 2.45) is 0 Å². The first kappa shape index (κ1) is 20.2. The highest BCUT2D eigenvalue weighted by molar-refractivity contribution is 7.21. The minimum absolute atomic E-state index is 0.211. The van der Waals surface area contributed by atoms with Gasteiger partial charge in [-0.15, -0.1) is 11.3 Å². The lowest BCUT2D eigenvalue weighted by Gasteiger charge is -2.30. The Labute approximate surface area is 188 Å². The molecule has 1 aliphatic rings. The number of aromatic nitrogens is 3. The van der Waals surface area contributed by atoms with Crippen LogP contribution in [0.15, 0.2) is 55.0 Å². The van der Waals surface area contributed by atoms with Crippen molar-refractivity contribution < 1.29 is 9.53 Å². The van der Waals surface area contributed by atoms with E-state index >= 15 is 0 Å². The summed E-state index contributed by atoms with van der Waals surface area (Å²) < 4.78 is 6.52. The third kappa shape index (κ3) is 3.73. The summed E-state index contributed by atoms with van der Waals surface area (Å²) >= 11 is 1.57. The second-order valence-electron chi connectivity index (χ2n) is 7.89. The number of carbonyl (C=O) groups is 1. The molecule has 3 aromatic heterocycles. The summed E-state index contributed by atoms with van der Waals surface area (Å²) in [5.74, 6) is -0.211. The van der Waals surface area contributed by atoms with Crippen LogP contribution in [0.25, 0.3) is 20.8 Å². The van der Waals surface area contributed by atoms with Crippen molar-refractivity contribution in [2.75, 3.05) is 6.61 Å². The van der Waals surface area contributed by atoms with Gasteiger partial charge in [0.2, 0.25) is 0 Å². The fraction of sp³-hybridized carbons (Fsp3) is 0.208. The van der Waals surface area contributed by atoms with Crippen molar-refractivity contribution >= 4 is 27.5 Å². The highest BCUT2D eigenvalue weighted by atomic mass is 32.1. The van der Waals surface area contributed by atoms with Crippen molar-refractivity contribution in [1.29, 1.82) is 5.26 Å². The second-order valence-corrected chi connectivity index (χ2v) is 8.92. The van der Waals surface area contributed by atoms with E-state index in [4.69, 9.17) is 9.72 Å². The summed E-state index contributed by atoms with van der Waals surface area (Å²) in [6, 6.07) is 13.5. The van der Waals surface area contributed by atoms with Crippen LogP contribution in [-0.2, 0) is 23.3 Å². The number of rotatable bonds is 4. The predicted octanol–water partition coefficient (Wildman–Crippen LogP) is 3.99. The number of nitriles is 1. The van der Waals surface area contributed by atoms with E-state index in [0.29, 0.717) is 18.8 Å². The van der Waals surface area contributed by atoms with Crippen LogP contribution in [0.3, 0.4) is 0 Å². The molecule has 0 saturated heterocycles. The third-order valence-corrected chi connectivity index (χ3v) is 6.61. The molecule has 0 bridgehead atoms. The van der Waals surface area contributed by atoms with Crippen molar-refractivity contribution in [1.82, 2.24) is 20.3 Å². The van der Waals surface area contributed by atoms with E-state index < -0.39 is 5.41 Å². The number of hydrogen-bond acceptors (Lipinski definition) is 7. The Morgan fingerprint density at radius 3 is 2.94 bits per heavy atom. The SMILES string of the molecule is C[C@@]1(C#N)COCc2ccc(C(=O)NCc3cc4nc(-c5ccncc5)sc4cn3)cc21. The van der Waals surface area contributed by atoms with Gasteiger partial charge in [0.15, 0.2) is 0 Å². The van der Waals surface area contributed by atoms with E-state index in [1.54, 1.807) is 42.1 Å². The zero-order valence-electron chi connectivity index (χ0n) is 17.3. The van der Waals surface area contributed by atoms with Crippen molar-refractivity contribution in [3.05, 3.63) is 77.4 Å². The predicted molar refractivity (Wildman–Crippen MR) is 121 cm³/mol. The maximum atomic E-state index is 12.8. The molecule has 0 radical (unpaired) electrons. The maximum Gasteiger partial charge on any atom is 0.251 e. The Morgan fingerprint density at radius 1 is 1.28 bits per heavy atom. The van der Waals surface area contributed by atoms with E-state index in [9.17, 15) is 10.1 Å². The molecule has 1 amide bonds. The van der Waals surface area contributed by atoms with Crippen LogP contribution in [0, 0.1) is 11.3 Å². The summed E-state index contributed by atoms with van der Waals surface area (Å²) in [6.07, 6.45) is 5.28. The number of hydrogen-bond donors (Lipinski definition) is 1. The molecular formula is C24H19N5O2S. The van der Waals surface area contributed by atoms with Crippen molar-refractivity contribution in [3.63, 3.8) is 0 Å². The summed E-state index contributed by atoms with van der Waals surface area (Å²) in [5.41, 5.74) is 4.14. The first-order valence-corrected chi connectivity index (χ1v) is 10.9. The van der Waals surface area contributed by atoms with Gasteiger partial charge in [-0.25, -0.2) is 4.98 Å². The van der Waals surface area contributed by atoms with Crippen molar-refractivity contribution in [3.8, 4) is 16.6 Å². The van der Waals surface area contributed by atoms with Gasteiger partial charge in [0.1, 0.15) is 10.4 Å². The standard InChI is InChI=1S/C24H19N5O2S/c1-24(13-25)14-31-12-17-3-2-16(8-19(17)24)22(30)28-10-18-9-20-21(11-27-18)32-23(29-20)15-4-6-26-7-5-15/h2-9,11H,10,12,14H2,1H3,(H,28,30)/t24-/m1/s1. The topological polar surface area (TPSA) is 101 Å². The summed E-state index contributed by atoms with van der Waals surface area (Å²) in [6.45, 7) is 2.89. The molecule has 1 atom stereocenters. The van der Waals surface area contributed by atoms with Gasteiger partial charge in [-0.1, -0.05) is 6.07 Å². The number of ether oxygens (including phenoxy) is 1. The highest BCUT2D eigenvalue weighted by Gasteiger charge is 2.33. The Bertz CT molecular complexity index is 1360. The van der Waals surface area contributed by atoms with Gasteiger partial charge in [0.25, 0.3) is 5.91 Å². The molecule has 0 fully saturated rings. The largest absolute Gasteiger partial charge is 0.375 e. The first-order valence-electron chi connectivity index (χ1n) is 10.1. The lowest BCUT2D eigenvalue weighted by atomic mass is 9.79. The number of amides is 1. The molecule has 4 heterocycles. The molecule has 8 heteroatoms. The van der Waals surface area contributed by atoms with Gasteiger partial charge < -0.3 is 10.1 Å². The summed E-state index contributed by atoms with van der Waals surface area (Å²) in [7, 11) is 0. The first-order chi connectivity index (χ1) is 15.6. The number of carbonyl (C=O) groups excluding carboxylic acids is 1. The Balaban J connectivity index is 1.33. The summed E-state index contributed by atoms with van der Waals surface area (Å²) in [5, 5.41) is 13.4. The van der Waals surface area contributed by atoms with Crippen LogP contribution in [0.1, 0.15) is 34.1 Å². The number of nitrogens with zero attached hydrogens (tertiary/aromatic N) is 4. The molecule has 7 nitrogen and oxygen atoms in total. The van der Waals surface area contributed by atoms with Crippen LogP contribution in [0.2, 0.25) is 0 Å². The molecule has 0 aliphatic carbocycles. The van der Waals surface area contributed by atoms with Gasteiger partial charge in [0.05, 0.1) is 41.7 Å². The fourth-order valence-electron chi connectivity index (χ4n) is 3.76. The van der Waals surface area contributed by atoms with Gasteiger partial charge in [-0.2, -0.15) is 5.26 Å². The minimum Gasteiger partial charge on any atom is -0.375 e. The van der Waals surface area contributed by atoms with Crippen LogP contribution in [0.4, 0.5) is 0 Å². The molecule has 0 spiro atoms. The molecule has 4 aromatic rings. The number of pyridine rings is 2. The van der Waals surface area contributed by atoms with Crippen LogP contribution in [0.5, 0.6) is 0 Å². The van der Waals surface area contributed by atoms with Gasteiger partial charge in [-0.3, -0.25) is 14.8 Å². The van der Waals surface area contributed by atoms with E-state index in [1.165, 1.54) is 0 Å². The lowest BCUT2D eigenvalue weighted by Crippen LogP contribution is -2.33. The third-order valence-electron chi connectivity index (χ3n) is 5.55. The van der Waals surface area contributed by atoms with E-state index in [1.807, 2.05) is 31.2 Å². The van der Waals surface area contributed by atoms with Crippen LogP contribution >= 0.6 is 11.3 Å². The maximum absolute atomic E-state index is 12.8. The van der Waals surface area contributed by atoms with E-state index in [-0.39, 0.29) is 12.5 Å². The quantitative estimate of drug-likeness (QED) is 0.514. The number of thiazole rings is 1. The number of nitrogens with one attached hydrogen (secondary N) is 1. The molecule has 1 N–H and O–H groups in total. The van der Waals surface area contributed by atoms with Gasteiger partial charge >= 0.3 is 0 Å². The second kappa shape index (κ2) is 8.11. The zero-order chi connectivity index (χ0) is 22.1. The molecular weight excluding hydrogens is 422 g/mol. The zero-order valence-corrected chi connectivity index (χ0v) is 18.1. The average Bonchev–Trinajstić information content (AvgIpc) is 3.27. The van der Waals surface area contributed by atoms with E-state index in [2.05, 4.69) is 21.4 Å². The van der Waals surface area contributed by atoms with Gasteiger partial charge in [-0.05, 0) is 48.4 Å². The molecule has 0 saturated carbocycles. The fourth-order valence-corrected chi connectivity index (χ4v) is 4.68. The number of benzene rings is 1. The van der Waals surface area contributed by atoms with Crippen LogP contribution < -0.4 is 5.32 Å². The molecule has 1 aromatic carbocycles. The van der Waals surface area contributed by atoms with Crippen LogP contribution in [-0.4, -0.2) is 27.5 Å². The molecule has 1 aliphatic heterocycles. The average molecular weight is 442 g/mol. The molecule has 32 heavy (non-hydrogen) atoms. The molecule has 5 rings (SSSR count). The normalized spacial score (nSPS) is 17.5. The smallest absolute Gasteiger partial charge is 0.251 e. The minimum atomic E-state index is -0.756. The summed E-state index contributed by atoms with van der Waals surface area (Å²) in [4.78, 5) is 26.0. The molecule has 158 valence electrons.